The molecule has 1 atom stereocenters. The standard InChI is InChI=1S/C18H25FN2O4S/c1-4-14(5-2)20-16(22)10-25-18(24)12(3)26-11-17(23)21-15-8-6-13(19)7-9-15/h6-9,12,14H,4-5,10-11H2,1-3H3,(H,20,22)(H,21,23)/t12-/m0/s1. The highest BCUT2D eigenvalue weighted by Gasteiger charge is 2.18. The van der Waals surface area contributed by atoms with Gasteiger partial charge in [0, 0.05) is 11.7 Å². The molecule has 0 aliphatic heterocycles. The minimum absolute atomic E-state index is 0.0353. The summed E-state index contributed by atoms with van der Waals surface area (Å²) in [5.74, 6) is -1.55. The third kappa shape index (κ3) is 8.33. The number of carbonyl (C=O) groups is 3. The Bertz CT molecular complexity index is 606. The van der Waals surface area contributed by atoms with Crippen molar-refractivity contribution in [3.8, 4) is 0 Å². The summed E-state index contributed by atoms with van der Waals surface area (Å²) in [6.45, 7) is 5.21. The fourth-order valence-electron chi connectivity index (χ4n) is 2.02. The molecule has 2 N–H and O–H groups in total. The van der Waals surface area contributed by atoms with E-state index in [1.165, 1.54) is 24.3 Å². The molecule has 0 bridgehead atoms. The minimum atomic E-state index is -0.588. The van der Waals surface area contributed by atoms with Crippen LogP contribution in [0.2, 0.25) is 0 Å². The third-order valence-electron chi connectivity index (χ3n) is 3.62. The summed E-state index contributed by atoms with van der Waals surface area (Å²) in [5.41, 5.74) is 0.477. The van der Waals surface area contributed by atoms with Crippen molar-refractivity contribution in [1.82, 2.24) is 5.32 Å². The van der Waals surface area contributed by atoms with Crippen molar-refractivity contribution in [3.63, 3.8) is 0 Å². The van der Waals surface area contributed by atoms with Crippen molar-refractivity contribution in [2.24, 2.45) is 0 Å². The number of anilines is 1. The van der Waals surface area contributed by atoms with Gasteiger partial charge in [-0.15, -0.1) is 11.8 Å². The maximum atomic E-state index is 12.8. The van der Waals surface area contributed by atoms with Crippen LogP contribution in [0.3, 0.4) is 0 Å². The molecule has 0 aromatic heterocycles. The molecule has 26 heavy (non-hydrogen) atoms. The summed E-state index contributed by atoms with van der Waals surface area (Å²) in [6, 6.07) is 5.47. The van der Waals surface area contributed by atoms with E-state index in [0.717, 1.165) is 24.6 Å². The summed E-state index contributed by atoms with van der Waals surface area (Å²) in [6.07, 6.45) is 1.62. The van der Waals surface area contributed by atoms with Crippen LogP contribution in [0.25, 0.3) is 0 Å². The molecule has 0 radical (unpaired) electrons. The van der Waals surface area contributed by atoms with Crippen LogP contribution in [0.4, 0.5) is 10.1 Å². The third-order valence-corrected chi connectivity index (χ3v) is 4.74. The van der Waals surface area contributed by atoms with Crippen LogP contribution in [0.5, 0.6) is 0 Å². The van der Waals surface area contributed by atoms with E-state index in [1.807, 2.05) is 13.8 Å². The fraction of sp³-hybridized carbons (Fsp3) is 0.500. The van der Waals surface area contributed by atoms with E-state index in [0.29, 0.717) is 5.69 Å². The van der Waals surface area contributed by atoms with Crippen LogP contribution in [0.15, 0.2) is 24.3 Å². The Kier molecular flexibility index (Phi) is 9.72. The first-order valence-corrected chi connectivity index (χ1v) is 9.53. The highest BCUT2D eigenvalue weighted by Crippen LogP contribution is 2.14. The molecule has 0 heterocycles. The van der Waals surface area contributed by atoms with Crippen molar-refractivity contribution in [2.75, 3.05) is 17.7 Å². The molecule has 1 aromatic rings. The quantitative estimate of drug-likeness (QED) is 0.606. The number of benzene rings is 1. The van der Waals surface area contributed by atoms with Gasteiger partial charge in [0.1, 0.15) is 11.1 Å². The largest absolute Gasteiger partial charge is 0.455 e. The highest BCUT2D eigenvalue weighted by atomic mass is 32.2. The number of hydrogen-bond donors (Lipinski definition) is 2. The predicted molar refractivity (Wildman–Crippen MR) is 100 cm³/mol. The van der Waals surface area contributed by atoms with Crippen LogP contribution in [0, 0.1) is 5.82 Å². The van der Waals surface area contributed by atoms with Crippen molar-refractivity contribution in [3.05, 3.63) is 30.1 Å². The number of thioether (sulfide) groups is 1. The van der Waals surface area contributed by atoms with Crippen LogP contribution < -0.4 is 10.6 Å². The van der Waals surface area contributed by atoms with Gasteiger partial charge in [0.2, 0.25) is 5.91 Å². The summed E-state index contributed by atoms with van der Waals surface area (Å²) in [4.78, 5) is 35.4. The Balaban J connectivity index is 2.29. The summed E-state index contributed by atoms with van der Waals surface area (Å²) < 4.78 is 17.8. The van der Waals surface area contributed by atoms with Crippen molar-refractivity contribution < 1.29 is 23.5 Å². The lowest BCUT2D eigenvalue weighted by molar-refractivity contribution is -0.147. The van der Waals surface area contributed by atoms with Gasteiger partial charge in [-0.3, -0.25) is 14.4 Å². The van der Waals surface area contributed by atoms with E-state index in [1.54, 1.807) is 6.92 Å². The minimum Gasteiger partial charge on any atom is -0.455 e. The molecule has 1 aromatic carbocycles. The van der Waals surface area contributed by atoms with E-state index < -0.39 is 11.2 Å². The average Bonchev–Trinajstić information content (AvgIpc) is 2.63. The Labute approximate surface area is 157 Å². The molecule has 0 aliphatic rings. The topological polar surface area (TPSA) is 84.5 Å². The smallest absolute Gasteiger partial charge is 0.319 e. The lowest BCUT2D eigenvalue weighted by atomic mass is 10.2. The summed E-state index contributed by atoms with van der Waals surface area (Å²) in [5, 5.41) is 4.80. The molecule has 0 saturated carbocycles. The number of rotatable bonds is 10. The lowest BCUT2D eigenvalue weighted by Crippen LogP contribution is -2.37. The first-order valence-electron chi connectivity index (χ1n) is 8.48. The number of nitrogens with one attached hydrogen (secondary N) is 2. The molecule has 0 aliphatic carbocycles. The number of halogens is 1. The molecule has 0 saturated heterocycles. The van der Waals surface area contributed by atoms with Gasteiger partial charge in [0.05, 0.1) is 5.75 Å². The molecule has 2 amide bonds. The second kappa shape index (κ2) is 11.5. The first kappa shape index (κ1) is 22.0. The van der Waals surface area contributed by atoms with E-state index >= 15 is 0 Å². The monoisotopic (exact) mass is 384 g/mol. The summed E-state index contributed by atoms with van der Waals surface area (Å²) >= 11 is 1.10. The van der Waals surface area contributed by atoms with Gasteiger partial charge < -0.3 is 15.4 Å². The van der Waals surface area contributed by atoms with Crippen LogP contribution in [0.1, 0.15) is 33.6 Å². The number of amides is 2. The van der Waals surface area contributed by atoms with Crippen LogP contribution in [-0.4, -0.2) is 41.4 Å². The SMILES string of the molecule is CCC(CC)NC(=O)COC(=O)[C@H](C)SCC(=O)Nc1ccc(F)cc1. The molecular formula is C18H25FN2O4S. The van der Waals surface area contributed by atoms with E-state index in [4.69, 9.17) is 4.74 Å². The maximum absolute atomic E-state index is 12.8. The molecular weight excluding hydrogens is 359 g/mol. The predicted octanol–water partition coefficient (Wildman–Crippen LogP) is 2.73. The average molecular weight is 384 g/mol. The molecule has 1 rings (SSSR count). The van der Waals surface area contributed by atoms with Crippen molar-refractivity contribution in [2.45, 2.75) is 44.9 Å². The number of esters is 1. The van der Waals surface area contributed by atoms with Crippen molar-refractivity contribution >= 4 is 35.2 Å². The van der Waals surface area contributed by atoms with E-state index in [-0.39, 0.29) is 36.0 Å². The Morgan fingerprint density at radius 2 is 1.73 bits per heavy atom. The van der Waals surface area contributed by atoms with Gasteiger partial charge >= 0.3 is 5.97 Å². The second-order valence-electron chi connectivity index (χ2n) is 5.70. The van der Waals surface area contributed by atoms with Gasteiger partial charge in [0.15, 0.2) is 6.61 Å². The normalized spacial score (nSPS) is 11.7. The highest BCUT2D eigenvalue weighted by molar-refractivity contribution is 8.01. The first-order chi connectivity index (χ1) is 12.3. The van der Waals surface area contributed by atoms with Gasteiger partial charge in [-0.25, -0.2) is 4.39 Å². The zero-order chi connectivity index (χ0) is 19.5. The summed E-state index contributed by atoms with van der Waals surface area (Å²) in [7, 11) is 0. The molecule has 8 heteroatoms. The number of ether oxygens (including phenoxy) is 1. The molecule has 0 spiro atoms. The Hall–Kier alpha value is -2.09. The van der Waals surface area contributed by atoms with Gasteiger partial charge in [-0.1, -0.05) is 13.8 Å². The number of carbonyl (C=O) groups excluding carboxylic acids is 3. The van der Waals surface area contributed by atoms with Gasteiger partial charge in [-0.2, -0.15) is 0 Å². The van der Waals surface area contributed by atoms with Gasteiger partial charge in [0.25, 0.3) is 5.91 Å². The zero-order valence-corrected chi connectivity index (χ0v) is 16.0. The molecule has 0 unspecified atom stereocenters. The number of hydrogen-bond acceptors (Lipinski definition) is 5. The maximum Gasteiger partial charge on any atom is 0.319 e. The Morgan fingerprint density at radius 1 is 1.12 bits per heavy atom. The Morgan fingerprint density at radius 3 is 2.31 bits per heavy atom. The van der Waals surface area contributed by atoms with Crippen molar-refractivity contribution in [1.29, 1.82) is 0 Å². The molecule has 0 fully saturated rings. The van der Waals surface area contributed by atoms with Crippen LogP contribution >= 0.6 is 11.8 Å². The van der Waals surface area contributed by atoms with E-state index in [2.05, 4.69) is 10.6 Å². The zero-order valence-electron chi connectivity index (χ0n) is 15.2. The second-order valence-corrected chi connectivity index (χ2v) is 7.03. The van der Waals surface area contributed by atoms with Gasteiger partial charge in [-0.05, 0) is 44.0 Å². The lowest BCUT2D eigenvalue weighted by Gasteiger charge is -2.15. The molecule has 6 nitrogen and oxygen atoms in total. The van der Waals surface area contributed by atoms with Crippen LogP contribution in [-0.2, 0) is 19.1 Å². The molecule has 144 valence electrons. The fourth-order valence-corrected chi connectivity index (χ4v) is 2.69. The van der Waals surface area contributed by atoms with E-state index in [9.17, 15) is 18.8 Å².